The molecule has 100 valence electrons. The molecule has 0 unspecified atom stereocenters. The van der Waals surface area contributed by atoms with Gasteiger partial charge in [0.05, 0.1) is 5.02 Å². The molecule has 0 aliphatic heterocycles. The predicted molar refractivity (Wildman–Crippen MR) is 71.3 cm³/mol. The lowest BCUT2D eigenvalue weighted by atomic mass is 10.0. The van der Waals surface area contributed by atoms with Crippen molar-refractivity contribution in [3.05, 3.63) is 29.0 Å². The summed E-state index contributed by atoms with van der Waals surface area (Å²) in [5, 5.41) is 2.91. The number of carbonyl (C=O) groups excluding carboxylic acids is 1. The van der Waals surface area contributed by atoms with Crippen molar-refractivity contribution in [3.8, 4) is 0 Å². The second-order valence-corrected chi connectivity index (χ2v) is 6.54. The zero-order valence-corrected chi connectivity index (χ0v) is 11.2. The molecule has 1 N–H and O–H groups in total. The minimum absolute atomic E-state index is 0.0633. The summed E-state index contributed by atoms with van der Waals surface area (Å²) in [6.07, 6.45) is 3.92. The van der Waals surface area contributed by atoms with Crippen LogP contribution in [0.15, 0.2) is 18.2 Å². The molecule has 2 bridgehead atoms. The van der Waals surface area contributed by atoms with Crippen LogP contribution in [0.3, 0.4) is 0 Å². The highest BCUT2D eigenvalue weighted by molar-refractivity contribution is 6.30. The molecule has 1 aromatic carbocycles. The Hall–Kier alpha value is -1.09. The van der Waals surface area contributed by atoms with E-state index in [9.17, 15) is 9.18 Å². The van der Waals surface area contributed by atoms with E-state index in [0.29, 0.717) is 17.5 Å². The second kappa shape index (κ2) is 3.95. The number of hydrogen-bond acceptors (Lipinski definition) is 1. The first-order chi connectivity index (χ1) is 9.15. The summed E-state index contributed by atoms with van der Waals surface area (Å²) >= 11 is 5.63. The van der Waals surface area contributed by atoms with Crippen molar-refractivity contribution in [2.24, 2.45) is 29.6 Å². The highest BCUT2D eigenvalue weighted by Crippen LogP contribution is 2.69. The minimum atomic E-state index is -0.490. The number of nitrogens with one attached hydrogen (secondary N) is 1. The van der Waals surface area contributed by atoms with Gasteiger partial charge in [-0.3, -0.25) is 4.79 Å². The molecule has 0 saturated heterocycles. The summed E-state index contributed by atoms with van der Waals surface area (Å²) in [5.41, 5.74) is 0.504. The van der Waals surface area contributed by atoms with Crippen molar-refractivity contribution < 1.29 is 9.18 Å². The van der Waals surface area contributed by atoms with E-state index in [0.717, 1.165) is 11.8 Å². The number of carbonyl (C=O) groups is 1. The maximum Gasteiger partial charge on any atom is 0.228 e. The quantitative estimate of drug-likeness (QED) is 0.878. The summed E-state index contributed by atoms with van der Waals surface area (Å²) in [4.78, 5) is 12.2. The standard InChI is InChI=1S/C15H15ClFNO/c16-10-4-3-9(6-11(10)17)18-15(19)14-12-7-1-2-8(5-7)13(12)14/h3-4,6-8,12-14H,1-2,5H2,(H,18,19)/t7-,8-,12-,13-/m0/s1. The molecule has 0 radical (unpaired) electrons. The van der Waals surface area contributed by atoms with Crippen LogP contribution in [0.4, 0.5) is 10.1 Å². The second-order valence-electron chi connectivity index (χ2n) is 6.13. The Kier molecular flexibility index (Phi) is 2.44. The number of fused-ring (bicyclic) bond motifs is 5. The minimum Gasteiger partial charge on any atom is -0.326 e. The van der Waals surface area contributed by atoms with Crippen LogP contribution in [0.5, 0.6) is 0 Å². The van der Waals surface area contributed by atoms with Crippen molar-refractivity contribution in [2.45, 2.75) is 19.3 Å². The summed E-state index contributed by atoms with van der Waals surface area (Å²) in [6, 6.07) is 4.41. The van der Waals surface area contributed by atoms with Gasteiger partial charge in [-0.15, -0.1) is 0 Å². The first-order valence-electron chi connectivity index (χ1n) is 6.91. The van der Waals surface area contributed by atoms with E-state index < -0.39 is 5.82 Å². The molecule has 3 aliphatic carbocycles. The molecule has 4 heteroatoms. The van der Waals surface area contributed by atoms with Crippen LogP contribution >= 0.6 is 11.6 Å². The fraction of sp³-hybridized carbons (Fsp3) is 0.533. The maximum atomic E-state index is 13.3. The van der Waals surface area contributed by atoms with E-state index in [-0.39, 0.29) is 16.8 Å². The number of halogens is 2. The molecule has 3 saturated carbocycles. The average Bonchev–Trinajstić information content (AvgIpc) is 2.83. The first kappa shape index (κ1) is 11.7. The largest absolute Gasteiger partial charge is 0.326 e. The van der Waals surface area contributed by atoms with Crippen LogP contribution in [0.25, 0.3) is 0 Å². The third kappa shape index (κ3) is 1.71. The van der Waals surface area contributed by atoms with E-state index in [1.54, 1.807) is 6.07 Å². The fourth-order valence-corrected chi connectivity index (χ4v) is 4.59. The van der Waals surface area contributed by atoms with E-state index in [1.165, 1.54) is 31.4 Å². The SMILES string of the molecule is O=C(Nc1ccc(Cl)c(F)c1)C1[C@H]2[C@H]3CC[C@@H](C3)[C@H]12. The van der Waals surface area contributed by atoms with Crippen LogP contribution < -0.4 is 5.32 Å². The van der Waals surface area contributed by atoms with E-state index in [2.05, 4.69) is 5.32 Å². The van der Waals surface area contributed by atoms with E-state index in [4.69, 9.17) is 11.6 Å². The molecule has 3 fully saturated rings. The Labute approximate surface area is 116 Å². The molecule has 1 aromatic rings. The highest BCUT2D eigenvalue weighted by Gasteiger charge is 2.67. The van der Waals surface area contributed by atoms with Crippen LogP contribution in [0.2, 0.25) is 5.02 Å². The molecular formula is C15H15ClFNO. The molecule has 19 heavy (non-hydrogen) atoms. The van der Waals surface area contributed by atoms with Crippen molar-refractivity contribution in [2.75, 3.05) is 5.32 Å². The van der Waals surface area contributed by atoms with Crippen LogP contribution in [-0.2, 0) is 4.79 Å². The van der Waals surface area contributed by atoms with Crippen molar-refractivity contribution >= 4 is 23.2 Å². The van der Waals surface area contributed by atoms with Crippen molar-refractivity contribution in [3.63, 3.8) is 0 Å². The van der Waals surface area contributed by atoms with Gasteiger partial charge in [-0.25, -0.2) is 4.39 Å². The van der Waals surface area contributed by atoms with Crippen LogP contribution in [0.1, 0.15) is 19.3 Å². The van der Waals surface area contributed by atoms with Crippen molar-refractivity contribution in [1.29, 1.82) is 0 Å². The maximum absolute atomic E-state index is 13.3. The van der Waals surface area contributed by atoms with E-state index in [1.807, 2.05) is 0 Å². The van der Waals surface area contributed by atoms with Gasteiger partial charge in [0.25, 0.3) is 0 Å². The lowest BCUT2D eigenvalue weighted by molar-refractivity contribution is -0.118. The molecule has 1 amide bonds. The lowest BCUT2D eigenvalue weighted by Crippen LogP contribution is -2.18. The van der Waals surface area contributed by atoms with Gasteiger partial charge in [0.1, 0.15) is 5.82 Å². The van der Waals surface area contributed by atoms with Gasteiger partial charge in [-0.1, -0.05) is 11.6 Å². The Bertz CT molecular complexity index is 545. The van der Waals surface area contributed by atoms with Crippen LogP contribution in [-0.4, -0.2) is 5.91 Å². The summed E-state index contributed by atoms with van der Waals surface area (Å²) in [7, 11) is 0. The van der Waals surface area contributed by atoms with Gasteiger partial charge in [0, 0.05) is 11.6 Å². The lowest BCUT2D eigenvalue weighted by Gasteiger charge is -2.10. The van der Waals surface area contributed by atoms with Gasteiger partial charge in [-0.05, 0) is 61.1 Å². The van der Waals surface area contributed by atoms with Crippen molar-refractivity contribution in [1.82, 2.24) is 0 Å². The Morgan fingerprint density at radius 1 is 1.26 bits per heavy atom. The van der Waals surface area contributed by atoms with Gasteiger partial charge in [0.2, 0.25) is 5.91 Å². The van der Waals surface area contributed by atoms with Gasteiger partial charge < -0.3 is 5.32 Å². The zero-order valence-electron chi connectivity index (χ0n) is 10.4. The number of anilines is 1. The van der Waals surface area contributed by atoms with Crippen LogP contribution in [0, 0.1) is 35.4 Å². The predicted octanol–water partition coefficient (Wildman–Crippen LogP) is 3.71. The average molecular weight is 280 g/mol. The first-order valence-corrected chi connectivity index (χ1v) is 7.29. The Balaban J connectivity index is 1.47. The third-order valence-electron chi connectivity index (χ3n) is 5.23. The normalized spacial score (nSPS) is 38.1. The third-order valence-corrected chi connectivity index (χ3v) is 5.53. The summed E-state index contributed by atoms with van der Waals surface area (Å²) < 4.78 is 13.3. The van der Waals surface area contributed by atoms with E-state index >= 15 is 0 Å². The Morgan fingerprint density at radius 3 is 2.58 bits per heavy atom. The molecule has 4 atom stereocenters. The zero-order chi connectivity index (χ0) is 13.1. The molecule has 2 nitrogen and oxygen atoms in total. The molecular weight excluding hydrogens is 265 g/mol. The number of hydrogen-bond donors (Lipinski definition) is 1. The number of benzene rings is 1. The van der Waals surface area contributed by atoms with Gasteiger partial charge >= 0.3 is 0 Å². The van der Waals surface area contributed by atoms with Gasteiger partial charge in [0.15, 0.2) is 0 Å². The molecule has 0 heterocycles. The molecule has 4 rings (SSSR count). The summed E-state index contributed by atoms with van der Waals surface area (Å²) in [6.45, 7) is 0. The smallest absolute Gasteiger partial charge is 0.228 e. The van der Waals surface area contributed by atoms with Gasteiger partial charge in [-0.2, -0.15) is 0 Å². The monoisotopic (exact) mass is 279 g/mol. The molecule has 0 spiro atoms. The summed E-state index contributed by atoms with van der Waals surface area (Å²) in [5.74, 6) is 2.50. The molecule has 0 aromatic heterocycles. The Morgan fingerprint density at radius 2 is 1.95 bits per heavy atom. The number of rotatable bonds is 2. The topological polar surface area (TPSA) is 29.1 Å². The highest BCUT2D eigenvalue weighted by atomic mass is 35.5. The molecule has 3 aliphatic rings. The number of amides is 1. The fourth-order valence-electron chi connectivity index (χ4n) is 4.48.